The second kappa shape index (κ2) is 13.9. The highest BCUT2D eigenvalue weighted by Crippen LogP contribution is 2.39. The Kier molecular flexibility index (Phi) is 10.2. The molecule has 1 N–H and O–H groups in total. The number of ether oxygens (including phenoxy) is 3. The van der Waals surface area contributed by atoms with Gasteiger partial charge in [0.05, 0.1) is 6.54 Å². The molecule has 46 heavy (non-hydrogen) atoms. The lowest BCUT2D eigenvalue weighted by Gasteiger charge is -2.34. The predicted octanol–water partition coefficient (Wildman–Crippen LogP) is 7.38. The fourth-order valence-electron chi connectivity index (χ4n) is 6.80. The Balaban J connectivity index is 1.30. The second-order valence-electron chi connectivity index (χ2n) is 14.6. The molecule has 2 aromatic carbocycles. The molecule has 9 heteroatoms. The third kappa shape index (κ3) is 8.34. The van der Waals surface area contributed by atoms with Crippen LogP contribution in [0, 0.1) is 0 Å². The van der Waals surface area contributed by atoms with E-state index in [0.29, 0.717) is 43.4 Å². The number of hydrogen-bond acceptors (Lipinski definition) is 6. The minimum absolute atomic E-state index is 0.0182. The van der Waals surface area contributed by atoms with E-state index >= 15 is 0 Å². The minimum Gasteiger partial charge on any atom is -0.488 e. The summed E-state index contributed by atoms with van der Waals surface area (Å²) >= 11 is 0. The lowest BCUT2D eigenvalue weighted by atomic mass is 9.83. The summed E-state index contributed by atoms with van der Waals surface area (Å²) in [5, 5.41) is 9.48. The molecule has 5 rings (SSSR count). The third-order valence-corrected chi connectivity index (χ3v) is 9.32. The molecular weight excluding hydrogens is 584 g/mol. The second-order valence-corrected chi connectivity index (χ2v) is 14.6. The SMILES string of the molecule is CC(C)(C)OC(=O)N1CCC(Oc2ccc(C(=O)N3CCCC(c4cccc(OC(C)(C)C(=O)O)c4)C3)cc2C2CCCCC2)C1. The molecule has 2 heterocycles. The molecule has 250 valence electrons. The summed E-state index contributed by atoms with van der Waals surface area (Å²) < 4.78 is 17.9. The molecule has 1 saturated carbocycles. The van der Waals surface area contributed by atoms with Crippen LogP contribution >= 0.6 is 0 Å². The Hall–Kier alpha value is -3.75. The molecule has 0 spiro atoms. The highest BCUT2D eigenvalue weighted by Gasteiger charge is 2.33. The summed E-state index contributed by atoms with van der Waals surface area (Å²) in [5.41, 5.74) is 0.934. The number of piperidine rings is 1. The van der Waals surface area contributed by atoms with Gasteiger partial charge in [-0.15, -0.1) is 0 Å². The Labute approximate surface area is 273 Å². The molecule has 2 amide bonds. The zero-order chi connectivity index (χ0) is 33.1. The van der Waals surface area contributed by atoms with E-state index in [4.69, 9.17) is 14.2 Å². The normalized spacial score (nSPS) is 21.2. The predicted molar refractivity (Wildman–Crippen MR) is 176 cm³/mol. The Morgan fingerprint density at radius 3 is 2.26 bits per heavy atom. The summed E-state index contributed by atoms with van der Waals surface area (Å²) in [6, 6.07) is 13.5. The van der Waals surface area contributed by atoms with Crippen molar-refractivity contribution in [2.45, 2.75) is 115 Å². The van der Waals surface area contributed by atoms with Gasteiger partial charge in [-0.3, -0.25) is 4.79 Å². The van der Waals surface area contributed by atoms with Gasteiger partial charge < -0.3 is 29.1 Å². The molecule has 2 aromatic rings. The highest BCUT2D eigenvalue weighted by atomic mass is 16.6. The molecule has 0 aromatic heterocycles. The topological polar surface area (TPSA) is 106 Å². The van der Waals surface area contributed by atoms with E-state index in [9.17, 15) is 19.5 Å². The van der Waals surface area contributed by atoms with E-state index in [-0.39, 0.29) is 24.0 Å². The van der Waals surface area contributed by atoms with Crippen molar-refractivity contribution in [2.24, 2.45) is 0 Å². The number of aliphatic carboxylic acids is 1. The van der Waals surface area contributed by atoms with Crippen LogP contribution in [-0.4, -0.2) is 76.4 Å². The molecule has 0 radical (unpaired) electrons. The number of benzene rings is 2. The first-order chi connectivity index (χ1) is 21.8. The maximum absolute atomic E-state index is 14.0. The van der Waals surface area contributed by atoms with E-state index in [1.54, 1.807) is 11.0 Å². The smallest absolute Gasteiger partial charge is 0.410 e. The first-order valence-electron chi connectivity index (χ1n) is 16.9. The highest BCUT2D eigenvalue weighted by molar-refractivity contribution is 5.94. The monoisotopic (exact) mass is 634 g/mol. The van der Waals surface area contributed by atoms with E-state index in [1.807, 2.05) is 56.0 Å². The quantitative estimate of drug-likeness (QED) is 0.323. The largest absolute Gasteiger partial charge is 0.488 e. The first kappa shape index (κ1) is 33.6. The molecule has 3 fully saturated rings. The number of carbonyl (C=O) groups excluding carboxylic acids is 2. The number of amides is 2. The Morgan fingerprint density at radius 2 is 1.54 bits per heavy atom. The minimum atomic E-state index is -1.34. The zero-order valence-electron chi connectivity index (χ0n) is 28.0. The number of carboxylic acids is 1. The summed E-state index contributed by atoms with van der Waals surface area (Å²) in [6.07, 6.45) is 7.84. The molecule has 3 aliphatic rings. The summed E-state index contributed by atoms with van der Waals surface area (Å²) in [4.78, 5) is 41.8. The van der Waals surface area contributed by atoms with Crippen molar-refractivity contribution in [3.63, 3.8) is 0 Å². The fraction of sp³-hybridized carbons (Fsp3) is 0.595. The fourth-order valence-corrected chi connectivity index (χ4v) is 6.80. The molecule has 2 atom stereocenters. The lowest BCUT2D eigenvalue weighted by molar-refractivity contribution is -0.152. The summed E-state index contributed by atoms with van der Waals surface area (Å²) in [7, 11) is 0. The van der Waals surface area contributed by atoms with Crippen LogP contribution < -0.4 is 9.47 Å². The van der Waals surface area contributed by atoms with Gasteiger partial charge in [-0.1, -0.05) is 31.4 Å². The van der Waals surface area contributed by atoms with Crippen molar-refractivity contribution in [1.82, 2.24) is 9.80 Å². The summed E-state index contributed by atoms with van der Waals surface area (Å²) in [5.74, 6) is 0.790. The van der Waals surface area contributed by atoms with Crippen molar-refractivity contribution in [2.75, 3.05) is 26.2 Å². The number of rotatable bonds is 8. The van der Waals surface area contributed by atoms with Gasteiger partial charge >= 0.3 is 12.1 Å². The van der Waals surface area contributed by atoms with Gasteiger partial charge in [0.15, 0.2) is 5.60 Å². The van der Waals surface area contributed by atoms with Crippen molar-refractivity contribution >= 4 is 18.0 Å². The third-order valence-electron chi connectivity index (χ3n) is 9.32. The van der Waals surface area contributed by atoms with Crippen LogP contribution in [-0.2, 0) is 9.53 Å². The molecule has 2 unspecified atom stereocenters. The molecule has 9 nitrogen and oxygen atoms in total. The first-order valence-corrected chi connectivity index (χ1v) is 16.9. The van der Waals surface area contributed by atoms with E-state index in [0.717, 1.165) is 49.0 Å². The molecule has 2 aliphatic heterocycles. The van der Waals surface area contributed by atoms with Gasteiger partial charge in [-0.25, -0.2) is 9.59 Å². The number of hydrogen-bond donors (Lipinski definition) is 1. The van der Waals surface area contributed by atoms with Gasteiger partial charge in [0.2, 0.25) is 0 Å². The van der Waals surface area contributed by atoms with Gasteiger partial charge in [0.1, 0.15) is 23.2 Å². The van der Waals surface area contributed by atoms with Gasteiger partial charge in [0.25, 0.3) is 5.91 Å². The number of likely N-dealkylation sites (tertiary alicyclic amines) is 2. The summed E-state index contributed by atoms with van der Waals surface area (Å²) in [6.45, 7) is 11.0. The van der Waals surface area contributed by atoms with Crippen LogP contribution in [0.25, 0.3) is 0 Å². The van der Waals surface area contributed by atoms with Crippen molar-refractivity contribution in [3.05, 3.63) is 59.2 Å². The maximum Gasteiger partial charge on any atom is 0.410 e. The Morgan fingerprint density at radius 1 is 0.804 bits per heavy atom. The van der Waals surface area contributed by atoms with Crippen LogP contribution in [0.4, 0.5) is 4.79 Å². The van der Waals surface area contributed by atoms with Crippen LogP contribution in [0.2, 0.25) is 0 Å². The van der Waals surface area contributed by atoms with Crippen LogP contribution in [0.15, 0.2) is 42.5 Å². The zero-order valence-corrected chi connectivity index (χ0v) is 28.0. The van der Waals surface area contributed by atoms with Crippen molar-refractivity contribution in [1.29, 1.82) is 0 Å². The average molecular weight is 635 g/mol. The average Bonchev–Trinajstić information content (AvgIpc) is 3.49. The number of nitrogens with zero attached hydrogens (tertiary/aromatic N) is 2. The van der Waals surface area contributed by atoms with Crippen molar-refractivity contribution in [3.8, 4) is 11.5 Å². The number of carboxylic acid groups (broad SMARTS) is 1. The molecule has 0 bridgehead atoms. The lowest BCUT2D eigenvalue weighted by Crippen LogP contribution is -2.39. The standard InChI is InChI=1S/C37H50N2O7/c1-36(2,3)46-35(43)39-20-18-30(24-39)44-32-17-16-27(22-31(32)25-11-7-6-8-12-25)33(40)38-19-10-14-28(23-38)26-13-9-15-29(21-26)45-37(4,5)34(41)42/h9,13,15-17,21-22,25,28,30H,6-8,10-12,14,18-20,23-24H2,1-5H3,(H,41,42). The van der Waals surface area contributed by atoms with Gasteiger partial charge in [0, 0.05) is 37.5 Å². The van der Waals surface area contributed by atoms with Crippen LogP contribution in [0.5, 0.6) is 11.5 Å². The van der Waals surface area contributed by atoms with E-state index in [1.165, 1.54) is 33.1 Å². The van der Waals surface area contributed by atoms with E-state index < -0.39 is 17.2 Å². The maximum atomic E-state index is 14.0. The molecular formula is C37H50N2O7. The van der Waals surface area contributed by atoms with Crippen LogP contribution in [0.3, 0.4) is 0 Å². The van der Waals surface area contributed by atoms with E-state index in [2.05, 4.69) is 6.07 Å². The number of carbonyl (C=O) groups is 3. The van der Waals surface area contributed by atoms with Crippen molar-refractivity contribution < 1.29 is 33.7 Å². The van der Waals surface area contributed by atoms with Crippen LogP contribution in [0.1, 0.15) is 119 Å². The molecule has 2 saturated heterocycles. The Bertz CT molecular complexity index is 1410. The van der Waals surface area contributed by atoms with Gasteiger partial charge in [-0.2, -0.15) is 0 Å². The molecule has 1 aliphatic carbocycles. The van der Waals surface area contributed by atoms with Gasteiger partial charge in [-0.05, 0) is 108 Å².